The lowest BCUT2D eigenvalue weighted by atomic mass is 9.64. The van der Waals surface area contributed by atoms with Crippen LogP contribution in [0.1, 0.15) is 41.6 Å². The van der Waals surface area contributed by atoms with Gasteiger partial charge in [-0.25, -0.2) is 4.68 Å². The van der Waals surface area contributed by atoms with E-state index in [0.29, 0.717) is 24.9 Å². The van der Waals surface area contributed by atoms with Crippen molar-refractivity contribution in [2.45, 2.75) is 44.1 Å². The first-order valence-electron chi connectivity index (χ1n) is 8.39. The van der Waals surface area contributed by atoms with Crippen molar-refractivity contribution < 1.29 is 24.4 Å². The normalized spacial score (nSPS) is 20.1. The smallest absolute Gasteiger partial charge is 0.458 e. The van der Waals surface area contributed by atoms with E-state index in [0.717, 1.165) is 5.56 Å². The molecule has 0 aliphatic carbocycles. The first-order valence-corrected chi connectivity index (χ1v) is 8.39. The van der Waals surface area contributed by atoms with Gasteiger partial charge in [-0.3, -0.25) is 9.59 Å². The molecular formula is C16H19BN4O5. The summed E-state index contributed by atoms with van der Waals surface area (Å²) in [7, 11) is -1.11. The monoisotopic (exact) mass is 358 g/mol. The molecule has 2 aromatic rings. The number of aromatic nitrogens is 4. The minimum Gasteiger partial charge on any atom is -0.481 e. The molecule has 1 fully saturated rings. The third kappa shape index (κ3) is 4.74. The molecule has 1 aromatic carbocycles. The van der Waals surface area contributed by atoms with Crippen LogP contribution in [0.25, 0.3) is 0 Å². The molecule has 26 heavy (non-hydrogen) atoms. The Balaban J connectivity index is 1.54. The zero-order valence-electron chi connectivity index (χ0n) is 14.1. The van der Waals surface area contributed by atoms with Gasteiger partial charge in [-0.15, -0.1) is 5.10 Å². The first kappa shape index (κ1) is 18.2. The minimum atomic E-state index is -1.11. The second-order valence-corrected chi connectivity index (χ2v) is 6.42. The molecule has 1 aliphatic rings. The number of aliphatic carboxylic acids is 1. The van der Waals surface area contributed by atoms with E-state index in [4.69, 9.17) is 9.76 Å². The van der Waals surface area contributed by atoms with Crippen molar-refractivity contribution in [2.24, 2.45) is 0 Å². The molecule has 136 valence electrons. The van der Waals surface area contributed by atoms with Gasteiger partial charge >= 0.3 is 13.1 Å². The average molecular weight is 358 g/mol. The summed E-state index contributed by atoms with van der Waals surface area (Å²) in [4.78, 5) is 23.2. The molecule has 0 saturated carbocycles. The van der Waals surface area contributed by atoms with Crippen molar-refractivity contribution in [1.82, 2.24) is 20.2 Å². The Hall–Kier alpha value is -2.59. The van der Waals surface area contributed by atoms with Gasteiger partial charge in [-0.05, 0) is 28.8 Å². The highest BCUT2D eigenvalue weighted by Crippen LogP contribution is 2.31. The van der Waals surface area contributed by atoms with Crippen LogP contribution in [0.2, 0.25) is 5.82 Å². The van der Waals surface area contributed by atoms with Crippen LogP contribution >= 0.6 is 0 Å². The fourth-order valence-corrected chi connectivity index (χ4v) is 3.06. The van der Waals surface area contributed by atoms with Gasteiger partial charge in [0.15, 0.2) is 5.78 Å². The lowest BCUT2D eigenvalue weighted by molar-refractivity contribution is -0.139. The molecular weight excluding hydrogens is 339 g/mol. The zero-order valence-corrected chi connectivity index (χ0v) is 14.1. The number of Topliss-reactive ketones (excluding diaryl/α,β-unsaturated/α-hetero) is 1. The number of hydrogen-bond acceptors (Lipinski definition) is 7. The Bertz CT molecular complexity index is 753. The van der Waals surface area contributed by atoms with Gasteiger partial charge in [0, 0.05) is 17.8 Å². The Labute approximate surface area is 150 Å². The van der Waals surface area contributed by atoms with Gasteiger partial charge in [0.2, 0.25) is 0 Å². The van der Waals surface area contributed by atoms with E-state index in [1.807, 2.05) is 12.1 Å². The van der Waals surface area contributed by atoms with Gasteiger partial charge < -0.3 is 14.8 Å². The molecule has 0 unspecified atom stereocenters. The molecule has 3 rings (SSSR count). The number of ketones is 1. The van der Waals surface area contributed by atoms with Crippen LogP contribution in [-0.2, 0) is 16.0 Å². The van der Waals surface area contributed by atoms with E-state index in [1.165, 1.54) is 6.33 Å². The average Bonchev–Trinajstić information content (AvgIpc) is 3.10. The van der Waals surface area contributed by atoms with Gasteiger partial charge in [0.05, 0.1) is 19.1 Å². The zero-order chi connectivity index (χ0) is 18.5. The Morgan fingerprint density at radius 3 is 2.62 bits per heavy atom. The molecule has 10 heteroatoms. The Morgan fingerprint density at radius 1 is 1.23 bits per heavy atom. The second kappa shape index (κ2) is 8.20. The fraction of sp³-hybridized carbons (Fsp3) is 0.438. The van der Waals surface area contributed by atoms with E-state index >= 15 is 0 Å². The molecule has 0 spiro atoms. The molecule has 1 aromatic heterocycles. The summed E-state index contributed by atoms with van der Waals surface area (Å²) in [5.41, 5.74) is 1.52. The lowest BCUT2D eigenvalue weighted by Gasteiger charge is -2.30. The Kier molecular flexibility index (Phi) is 5.74. The fourth-order valence-electron chi connectivity index (χ4n) is 3.06. The van der Waals surface area contributed by atoms with Crippen LogP contribution in [0.4, 0.5) is 0 Å². The summed E-state index contributed by atoms with van der Waals surface area (Å²) in [6.45, 7) is 0.515. The van der Waals surface area contributed by atoms with Crippen LogP contribution < -0.4 is 0 Å². The van der Waals surface area contributed by atoms with Gasteiger partial charge in [0.25, 0.3) is 0 Å². The van der Waals surface area contributed by atoms with Crippen LogP contribution in [0.15, 0.2) is 30.6 Å². The molecule has 2 atom stereocenters. The topological polar surface area (TPSA) is 127 Å². The van der Waals surface area contributed by atoms with Gasteiger partial charge in [-0.1, -0.05) is 24.3 Å². The molecule has 9 nitrogen and oxygen atoms in total. The highest BCUT2D eigenvalue weighted by molar-refractivity contribution is 6.45. The van der Waals surface area contributed by atoms with Gasteiger partial charge in [-0.2, -0.15) is 0 Å². The van der Waals surface area contributed by atoms with E-state index in [9.17, 15) is 14.6 Å². The van der Waals surface area contributed by atoms with E-state index < -0.39 is 19.2 Å². The number of carbonyl (C=O) groups is 2. The SMILES string of the molecule is O=C(O)C[C@@H]1CC[C@H](CC(=O)c2ccc(Cn3cnnn3)cc2)B(O)O1. The third-order valence-electron chi connectivity index (χ3n) is 4.46. The van der Waals surface area contributed by atoms with Crippen molar-refractivity contribution in [3.8, 4) is 0 Å². The summed E-state index contributed by atoms with van der Waals surface area (Å²) in [6, 6.07) is 7.16. The lowest BCUT2D eigenvalue weighted by Crippen LogP contribution is -2.38. The molecule has 0 amide bonds. The number of carbonyl (C=O) groups excluding carboxylic acids is 1. The van der Waals surface area contributed by atoms with Crippen molar-refractivity contribution in [2.75, 3.05) is 0 Å². The molecule has 1 aliphatic heterocycles. The first-order chi connectivity index (χ1) is 12.5. The van der Waals surface area contributed by atoms with E-state index in [1.54, 1.807) is 16.8 Å². The quantitative estimate of drug-likeness (QED) is 0.550. The van der Waals surface area contributed by atoms with E-state index in [2.05, 4.69) is 15.5 Å². The summed E-state index contributed by atoms with van der Waals surface area (Å²) in [5, 5.41) is 29.8. The number of nitrogens with zero attached hydrogens (tertiary/aromatic N) is 4. The van der Waals surface area contributed by atoms with Crippen LogP contribution in [0, 0.1) is 0 Å². The van der Waals surface area contributed by atoms with Crippen molar-refractivity contribution >= 4 is 18.9 Å². The Morgan fingerprint density at radius 2 is 2.00 bits per heavy atom. The van der Waals surface area contributed by atoms with Crippen molar-refractivity contribution in [3.63, 3.8) is 0 Å². The maximum absolute atomic E-state index is 12.4. The van der Waals surface area contributed by atoms with Crippen LogP contribution in [0.5, 0.6) is 0 Å². The van der Waals surface area contributed by atoms with Crippen LogP contribution in [-0.4, -0.2) is 55.3 Å². The molecule has 0 radical (unpaired) electrons. The second-order valence-electron chi connectivity index (χ2n) is 6.42. The molecule has 2 heterocycles. The highest BCUT2D eigenvalue weighted by atomic mass is 16.5. The van der Waals surface area contributed by atoms with Crippen LogP contribution in [0.3, 0.4) is 0 Å². The standard InChI is InChI=1S/C16H19BN4O5/c22-15(7-13-5-6-14(8-16(23)24)26-17(13)25)12-3-1-11(2-4-12)9-21-10-18-19-20-21/h1-4,10,13-14,25H,5-9H2,(H,23,24)/t13-,14+/m1/s1. The van der Waals surface area contributed by atoms with E-state index in [-0.39, 0.29) is 24.4 Å². The number of carboxylic acids is 1. The number of benzene rings is 1. The summed E-state index contributed by atoms with van der Waals surface area (Å²) in [5.74, 6) is -1.37. The van der Waals surface area contributed by atoms with Crippen molar-refractivity contribution in [1.29, 1.82) is 0 Å². The predicted molar refractivity (Wildman–Crippen MR) is 90.4 cm³/mol. The molecule has 2 N–H and O–H groups in total. The van der Waals surface area contributed by atoms with Crippen molar-refractivity contribution in [3.05, 3.63) is 41.7 Å². The largest absolute Gasteiger partial charge is 0.481 e. The highest BCUT2D eigenvalue weighted by Gasteiger charge is 2.36. The maximum Gasteiger partial charge on any atom is 0.458 e. The number of tetrazole rings is 1. The number of carboxylic acid groups (broad SMARTS) is 1. The minimum absolute atomic E-state index is 0.0803. The molecule has 1 saturated heterocycles. The predicted octanol–water partition coefficient (Wildman–Crippen LogP) is 0.799. The number of rotatable bonds is 7. The maximum atomic E-state index is 12.4. The summed E-state index contributed by atoms with van der Waals surface area (Å²) in [6.07, 6.45) is 2.11. The van der Waals surface area contributed by atoms with Gasteiger partial charge in [0.1, 0.15) is 6.33 Å². The summed E-state index contributed by atoms with van der Waals surface area (Å²) >= 11 is 0. The number of hydrogen-bond donors (Lipinski definition) is 2. The summed E-state index contributed by atoms with van der Waals surface area (Å²) < 4.78 is 6.91. The molecule has 0 bridgehead atoms. The third-order valence-corrected chi connectivity index (χ3v) is 4.46.